The Hall–Kier alpha value is -2.01. The number of aliphatic hydroxyl groups excluding tert-OH is 3. The van der Waals surface area contributed by atoms with Gasteiger partial charge >= 0.3 is 0 Å². The number of aromatic nitrogens is 4. The van der Waals surface area contributed by atoms with Gasteiger partial charge in [-0.05, 0) is 12.8 Å². The SMILES string of the molecule is CNc1nc2c(NC3CCCC3)ncnc2n1[C@@H]1O[C@H](CO)C(O)C1O. The van der Waals surface area contributed by atoms with Gasteiger partial charge < -0.3 is 30.7 Å². The Balaban J connectivity index is 1.75. The van der Waals surface area contributed by atoms with E-state index in [0.717, 1.165) is 12.8 Å². The molecule has 4 atom stereocenters. The maximum Gasteiger partial charge on any atom is 0.207 e. The summed E-state index contributed by atoms with van der Waals surface area (Å²) >= 11 is 0. The minimum atomic E-state index is -1.21. The van der Waals surface area contributed by atoms with Gasteiger partial charge in [0.2, 0.25) is 5.95 Å². The van der Waals surface area contributed by atoms with Crippen LogP contribution in [0, 0.1) is 0 Å². The second-order valence-corrected chi connectivity index (χ2v) is 6.80. The number of fused-ring (bicyclic) bond motifs is 1. The number of hydrogen-bond donors (Lipinski definition) is 5. The summed E-state index contributed by atoms with van der Waals surface area (Å²) in [4.78, 5) is 13.2. The molecule has 2 aliphatic rings. The molecule has 26 heavy (non-hydrogen) atoms. The Labute approximate surface area is 150 Å². The van der Waals surface area contributed by atoms with Crippen molar-refractivity contribution in [1.82, 2.24) is 19.5 Å². The molecule has 2 fully saturated rings. The van der Waals surface area contributed by atoms with Gasteiger partial charge in [-0.3, -0.25) is 4.57 Å². The first-order valence-corrected chi connectivity index (χ1v) is 8.93. The van der Waals surface area contributed by atoms with Crippen molar-refractivity contribution in [2.75, 3.05) is 24.3 Å². The van der Waals surface area contributed by atoms with Gasteiger partial charge in [0, 0.05) is 13.1 Å². The molecule has 0 spiro atoms. The lowest BCUT2D eigenvalue weighted by Crippen LogP contribution is -2.33. The molecule has 1 saturated carbocycles. The first-order valence-electron chi connectivity index (χ1n) is 8.93. The summed E-state index contributed by atoms with van der Waals surface area (Å²) in [5.74, 6) is 1.08. The predicted molar refractivity (Wildman–Crippen MR) is 93.8 cm³/mol. The molecule has 10 nitrogen and oxygen atoms in total. The lowest BCUT2D eigenvalue weighted by molar-refractivity contribution is -0.0501. The first kappa shape index (κ1) is 17.4. The number of imidazole rings is 1. The van der Waals surface area contributed by atoms with Crippen LogP contribution in [0.5, 0.6) is 0 Å². The molecule has 2 aromatic heterocycles. The highest BCUT2D eigenvalue weighted by molar-refractivity contribution is 5.85. The van der Waals surface area contributed by atoms with Crippen molar-refractivity contribution in [3.63, 3.8) is 0 Å². The van der Waals surface area contributed by atoms with E-state index in [9.17, 15) is 15.3 Å². The van der Waals surface area contributed by atoms with Crippen LogP contribution in [0.15, 0.2) is 6.33 Å². The molecule has 5 N–H and O–H groups in total. The summed E-state index contributed by atoms with van der Waals surface area (Å²) in [5, 5.41) is 36.2. The lowest BCUT2D eigenvalue weighted by Gasteiger charge is -2.19. The number of aliphatic hydroxyl groups is 3. The summed E-state index contributed by atoms with van der Waals surface area (Å²) in [6.45, 7) is -0.389. The number of nitrogens with one attached hydrogen (secondary N) is 2. The average molecular weight is 364 g/mol. The fourth-order valence-electron chi connectivity index (χ4n) is 3.79. The maximum absolute atomic E-state index is 10.4. The van der Waals surface area contributed by atoms with E-state index in [-0.39, 0.29) is 6.61 Å². The standard InChI is InChI=1S/C16H24N6O4/c1-17-16-21-10-13(20-8-4-2-3-5-8)18-7-19-14(10)22(16)15-12(25)11(24)9(6-23)26-15/h7-9,11-12,15,23-25H,2-6H2,1H3,(H,17,21)(H,18,19,20)/t9-,11?,12?,15-/m1/s1. The first-order chi connectivity index (χ1) is 12.6. The van der Waals surface area contributed by atoms with E-state index in [0.29, 0.717) is 29.0 Å². The number of ether oxygens (including phenoxy) is 1. The highest BCUT2D eigenvalue weighted by atomic mass is 16.6. The van der Waals surface area contributed by atoms with Crippen molar-refractivity contribution in [2.24, 2.45) is 0 Å². The summed E-state index contributed by atoms with van der Waals surface area (Å²) < 4.78 is 7.25. The molecule has 1 saturated heterocycles. The molecule has 1 aliphatic heterocycles. The Morgan fingerprint density at radius 1 is 1.23 bits per heavy atom. The number of nitrogens with zero attached hydrogens (tertiary/aromatic N) is 4. The summed E-state index contributed by atoms with van der Waals surface area (Å²) in [5.41, 5.74) is 1.06. The monoisotopic (exact) mass is 364 g/mol. The van der Waals surface area contributed by atoms with E-state index in [2.05, 4.69) is 25.6 Å². The predicted octanol–water partition coefficient (Wildman–Crippen LogP) is -0.166. The van der Waals surface area contributed by atoms with Crippen molar-refractivity contribution in [1.29, 1.82) is 0 Å². The summed E-state index contributed by atoms with van der Waals surface area (Å²) in [7, 11) is 1.70. The molecule has 10 heteroatoms. The van der Waals surface area contributed by atoms with E-state index in [1.165, 1.54) is 19.2 Å². The van der Waals surface area contributed by atoms with Gasteiger partial charge in [-0.2, -0.15) is 0 Å². The third-order valence-electron chi connectivity index (χ3n) is 5.17. The van der Waals surface area contributed by atoms with Gasteiger partial charge in [0.25, 0.3) is 0 Å². The Bertz CT molecular complexity index is 777. The fourth-order valence-corrected chi connectivity index (χ4v) is 3.79. The van der Waals surface area contributed by atoms with Gasteiger partial charge in [-0.1, -0.05) is 12.8 Å². The zero-order chi connectivity index (χ0) is 18.3. The molecule has 2 unspecified atom stereocenters. The minimum Gasteiger partial charge on any atom is -0.394 e. The van der Waals surface area contributed by atoms with Crippen LogP contribution in [0.1, 0.15) is 31.9 Å². The second-order valence-electron chi connectivity index (χ2n) is 6.80. The topological polar surface area (TPSA) is 138 Å². The normalized spacial score (nSPS) is 29.5. The van der Waals surface area contributed by atoms with Crippen LogP contribution < -0.4 is 10.6 Å². The van der Waals surface area contributed by atoms with E-state index in [4.69, 9.17) is 4.74 Å². The molecule has 0 amide bonds. The van der Waals surface area contributed by atoms with Crippen LogP contribution in [0.4, 0.5) is 11.8 Å². The van der Waals surface area contributed by atoms with Crippen LogP contribution >= 0.6 is 0 Å². The van der Waals surface area contributed by atoms with Crippen LogP contribution in [-0.4, -0.2) is 72.8 Å². The molecule has 142 valence electrons. The number of hydrogen-bond acceptors (Lipinski definition) is 9. The number of anilines is 2. The molecular weight excluding hydrogens is 340 g/mol. The maximum atomic E-state index is 10.4. The molecule has 1 aliphatic carbocycles. The molecular formula is C16H24N6O4. The Kier molecular flexibility index (Phi) is 4.65. The fraction of sp³-hybridized carbons (Fsp3) is 0.688. The van der Waals surface area contributed by atoms with Crippen LogP contribution in [-0.2, 0) is 4.74 Å². The van der Waals surface area contributed by atoms with E-state index in [1.807, 2.05) is 0 Å². The second kappa shape index (κ2) is 6.95. The van der Waals surface area contributed by atoms with Crippen LogP contribution in [0.3, 0.4) is 0 Å². The van der Waals surface area contributed by atoms with Crippen molar-refractivity contribution >= 4 is 22.9 Å². The van der Waals surface area contributed by atoms with E-state index in [1.54, 1.807) is 11.6 Å². The quantitative estimate of drug-likeness (QED) is 0.490. The molecule has 0 radical (unpaired) electrons. The lowest BCUT2D eigenvalue weighted by atomic mass is 10.1. The number of rotatable bonds is 5. The highest BCUT2D eigenvalue weighted by Gasteiger charge is 2.45. The van der Waals surface area contributed by atoms with Gasteiger partial charge in [-0.15, -0.1) is 0 Å². The largest absolute Gasteiger partial charge is 0.394 e. The van der Waals surface area contributed by atoms with Crippen molar-refractivity contribution in [3.05, 3.63) is 6.33 Å². The third-order valence-corrected chi connectivity index (χ3v) is 5.17. The van der Waals surface area contributed by atoms with Crippen molar-refractivity contribution in [2.45, 2.75) is 56.3 Å². The minimum absolute atomic E-state index is 0.366. The average Bonchev–Trinajstić information content (AvgIpc) is 3.35. The van der Waals surface area contributed by atoms with Gasteiger partial charge in [-0.25, -0.2) is 15.0 Å². The molecule has 4 rings (SSSR count). The molecule has 0 bridgehead atoms. The van der Waals surface area contributed by atoms with Gasteiger partial charge in [0.15, 0.2) is 23.2 Å². The Morgan fingerprint density at radius 2 is 2.00 bits per heavy atom. The van der Waals surface area contributed by atoms with E-state index < -0.39 is 24.5 Å². The van der Waals surface area contributed by atoms with Gasteiger partial charge in [0.1, 0.15) is 24.6 Å². The summed E-state index contributed by atoms with van der Waals surface area (Å²) in [6, 6.07) is 0.366. The van der Waals surface area contributed by atoms with Gasteiger partial charge in [0.05, 0.1) is 6.61 Å². The van der Waals surface area contributed by atoms with Crippen molar-refractivity contribution in [3.8, 4) is 0 Å². The smallest absolute Gasteiger partial charge is 0.207 e. The van der Waals surface area contributed by atoms with Crippen molar-refractivity contribution < 1.29 is 20.1 Å². The van der Waals surface area contributed by atoms with E-state index >= 15 is 0 Å². The highest BCUT2D eigenvalue weighted by Crippen LogP contribution is 2.35. The van der Waals surface area contributed by atoms with Crippen LogP contribution in [0.2, 0.25) is 0 Å². The van der Waals surface area contributed by atoms with Crippen LogP contribution in [0.25, 0.3) is 11.2 Å². The molecule has 3 heterocycles. The zero-order valence-electron chi connectivity index (χ0n) is 14.5. The summed E-state index contributed by atoms with van der Waals surface area (Å²) in [6.07, 6.45) is 1.86. The molecule has 0 aromatic carbocycles. The third kappa shape index (κ3) is 2.78. The molecule has 2 aromatic rings. The Morgan fingerprint density at radius 3 is 2.65 bits per heavy atom. The zero-order valence-corrected chi connectivity index (χ0v) is 14.5.